The number of nitrogens with one attached hydrogen (secondary N) is 2. The summed E-state index contributed by atoms with van der Waals surface area (Å²) in [5, 5.41) is 17.1. The maximum Gasteiger partial charge on any atom is 0.269 e. The summed E-state index contributed by atoms with van der Waals surface area (Å²) in [6.07, 6.45) is 0. The standard InChI is InChI=1S/C11H15N3O2S/c1-7(2)12-11(17)13-10-5-4-9(14(15)16)6-8(10)3/h4-7H,1-3H3,(H2,12,13,17). The van der Waals surface area contributed by atoms with Crippen LogP contribution < -0.4 is 10.6 Å². The number of aryl methyl sites for hydroxylation is 1. The number of nitrogens with zero attached hydrogens (tertiary/aromatic N) is 1. The van der Waals surface area contributed by atoms with Gasteiger partial charge in [-0.2, -0.15) is 0 Å². The molecule has 0 aliphatic rings. The summed E-state index contributed by atoms with van der Waals surface area (Å²) >= 11 is 5.10. The van der Waals surface area contributed by atoms with Gasteiger partial charge in [0.25, 0.3) is 5.69 Å². The monoisotopic (exact) mass is 253 g/mol. The average molecular weight is 253 g/mol. The number of benzene rings is 1. The number of non-ortho nitro benzene ring substituents is 1. The van der Waals surface area contributed by atoms with Crippen molar-refractivity contribution >= 4 is 28.7 Å². The van der Waals surface area contributed by atoms with Crippen LogP contribution in [0.4, 0.5) is 11.4 Å². The van der Waals surface area contributed by atoms with Crippen molar-refractivity contribution in [1.29, 1.82) is 0 Å². The van der Waals surface area contributed by atoms with Crippen LogP contribution in [0.1, 0.15) is 19.4 Å². The molecule has 92 valence electrons. The van der Waals surface area contributed by atoms with Crippen LogP contribution in [0.25, 0.3) is 0 Å². The first-order valence-electron chi connectivity index (χ1n) is 5.22. The summed E-state index contributed by atoms with van der Waals surface area (Å²) in [6.45, 7) is 5.76. The number of anilines is 1. The van der Waals surface area contributed by atoms with Crippen LogP contribution in [0.2, 0.25) is 0 Å². The van der Waals surface area contributed by atoms with E-state index in [-0.39, 0.29) is 11.7 Å². The fraction of sp³-hybridized carbons (Fsp3) is 0.364. The second-order valence-corrected chi connectivity index (χ2v) is 4.42. The van der Waals surface area contributed by atoms with Gasteiger partial charge >= 0.3 is 0 Å². The molecule has 2 N–H and O–H groups in total. The highest BCUT2D eigenvalue weighted by atomic mass is 32.1. The Kier molecular flexibility index (Phi) is 4.39. The molecule has 0 radical (unpaired) electrons. The van der Waals surface area contributed by atoms with Crippen molar-refractivity contribution in [1.82, 2.24) is 5.32 Å². The lowest BCUT2D eigenvalue weighted by molar-refractivity contribution is -0.384. The lowest BCUT2D eigenvalue weighted by Gasteiger charge is -2.14. The number of nitro benzene ring substituents is 1. The molecule has 1 rings (SSSR count). The molecule has 0 saturated heterocycles. The SMILES string of the molecule is Cc1cc([N+](=O)[O-])ccc1NC(=S)NC(C)C. The van der Waals surface area contributed by atoms with Crippen molar-refractivity contribution in [3.63, 3.8) is 0 Å². The van der Waals surface area contributed by atoms with Crippen molar-refractivity contribution < 1.29 is 4.92 Å². The quantitative estimate of drug-likeness (QED) is 0.492. The number of hydrogen-bond acceptors (Lipinski definition) is 3. The Balaban J connectivity index is 2.79. The number of nitro groups is 1. The van der Waals surface area contributed by atoms with Gasteiger partial charge in [-0.05, 0) is 44.6 Å². The molecule has 1 aromatic carbocycles. The first-order valence-corrected chi connectivity index (χ1v) is 5.63. The van der Waals surface area contributed by atoms with E-state index in [1.165, 1.54) is 12.1 Å². The normalized spacial score (nSPS) is 10.1. The zero-order chi connectivity index (χ0) is 13.0. The molecule has 0 aliphatic carbocycles. The fourth-order valence-corrected chi connectivity index (χ4v) is 1.67. The van der Waals surface area contributed by atoms with Crippen molar-refractivity contribution in [2.75, 3.05) is 5.32 Å². The molecular weight excluding hydrogens is 238 g/mol. The average Bonchev–Trinajstić information content (AvgIpc) is 2.19. The van der Waals surface area contributed by atoms with Crippen LogP contribution in [0.15, 0.2) is 18.2 Å². The van der Waals surface area contributed by atoms with Crippen LogP contribution in [-0.2, 0) is 0 Å². The number of hydrogen-bond donors (Lipinski definition) is 2. The first-order chi connectivity index (χ1) is 7.90. The van der Waals surface area contributed by atoms with E-state index in [9.17, 15) is 10.1 Å². The Hall–Kier alpha value is -1.69. The molecule has 0 bridgehead atoms. The topological polar surface area (TPSA) is 67.2 Å². The highest BCUT2D eigenvalue weighted by Gasteiger charge is 2.08. The molecule has 5 nitrogen and oxygen atoms in total. The predicted molar refractivity (Wildman–Crippen MR) is 72.3 cm³/mol. The second-order valence-electron chi connectivity index (χ2n) is 4.01. The van der Waals surface area contributed by atoms with Gasteiger partial charge in [0, 0.05) is 23.9 Å². The summed E-state index contributed by atoms with van der Waals surface area (Å²) in [5.41, 5.74) is 1.64. The maximum absolute atomic E-state index is 10.6. The van der Waals surface area contributed by atoms with E-state index in [0.717, 1.165) is 11.3 Å². The predicted octanol–water partition coefficient (Wildman–Crippen LogP) is 2.60. The third-order valence-corrected chi connectivity index (χ3v) is 2.31. The molecule has 0 atom stereocenters. The van der Waals surface area contributed by atoms with Gasteiger partial charge in [-0.3, -0.25) is 10.1 Å². The Bertz CT molecular complexity index is 446. The lowest BCUT2D eigenvalue weighted by atomic mass is 10.2. The first kappa shape index (κ1) is 13.4. The minimum atomic E-state index is -0.415. The molecule has 0 unspecified atom stereocenters. The maximum atomic E-state index is 10.6. The highest BCUT2D eigenvalue weighted by molar-refractivity contribution is 7.80. The van der Waals surface area contributed by atoms with Crippen LogP contribution in [-0.4, -0.2) is 16.1 Å². The molecule has 0 aliphatic heterocycles. The molecule has 0 saturated carbocycles. The Morgan fingerprint density at radius 2 is 2.12 bits per heavy atom. The van der Waals surface area contributed by atoms with Gasteiger partial charge in [0.05, 0.1) is 4.92 Å². The highest BCUT2D eigenvalue weighted by Crippen LogP contribution is 2.20. The van der Waals surface area contributed by atoms with Crippen LogP contribution >= 0.6 is 12.2 Å². The third kappa shape index (κ3) is 3.99. The summed E-state index contributed by atoms with van der Waals surface area (Å²) in [6, 6.07) is 4.86. The molecule has 0 spiro atoms. The van der Waals surface area contributed by atoms with E-state index in [2.05, 4.69) is 10.6 Å². The van der Waals surface area contributed by atoms with Crippen molar-refractivity contribution in [3.05, 3.63) is 33.9 Å². The molecule has 17 heavy (non-hydrogen) atoms. The Labute approximate surface area is 105 Å². The van der Waals surface area contributed by atoms with E-state index >= 15 is 0 Å². The third-order valence-electron chi connectivity index (χ3n) is 2.09. The van der Waals surface area contributed by atoms with Crippen LogP contribution in [0.3, 0.4) is 0 Å². The van der Waals surface area contributed by atoms with E-state index in [0.29, 0.717) is 5.11 Å². The molecule has 0 aromatic heterocycles. The van der Waals surface area contributed by atoms with Gasteiger partial charge in [0.1, 0.15) is 0 Å². The smallest absolute Gasteiger partial charge is 0.269 e. The summed E-state index contributed by atoms with van der Waals surface area (Å²) < 4.78 is 0. The largest absolute Gasteiger partial charge is 0.360 e. The molecule has 0 heterocycles. The molecule has 0 fully saturated rings. The van der Waals surface area contributed by atoms with E-state index in [1.807, 2.05) is 13.8 Å². The molecule has 6 heteroatoms. The van der Waals surface area contributed by atoms with Crippen molar-refractivity contribution in [2.24, 2.45) is 0 Å². The molecule has 0 amide bonds. The van der Waals surface area contributed by atoms with Gasteiger partial charge in [-0.1, -0.05) is 0 Å². The minimum absolute atomic E-state index is 0.0794. The molecule has 1 aromatic rings. The van der Waals surface area contributed by atoms with Gasteiger partial charge in [-0.25, -0.2) is 0 Å². The van der Waals surface area contributed by atoms with Crippen LogP contribution in [0.5, 0.6) is 0 Å². The zero-order valence-corrected chi connectivity index (χ0v) is 10.8. The number of thiocarbonyl (C=S) groups is 1. The van der Waals surface area contributed by atoms with E-state index < -0.39 is 4.92 Å². The number of rotatable bonds is 3. The zero-order valence-electron chi connectivity index (χ0n) is 9.98. The van der Waals surface area contributed by atoms with Gasteiger partial charge in [-0.15, -0.1) is 0 Å². The fourth-order valence-electron chi connectivity index (χ4n) is 1.32. The molecular formula is C11H15N3O2S. The van der Waals surface area contributed by atoms with E-state index in [1.54, 1.807) is 13.0 Å². The van der Waals surface area contributed by atoms with Gasteiger partial charge in [0.2, 0.25) is 0 Å². The summed E-state index contributed by atoms with van der Waals surface area (Å²) in [7, 11) is 0. The second kappa shape index (κ2) is 5.58. The lowest BCUT2D eigenvalue weighted by Crippen LogP contribution is -2.34. The van der Waals surface area contributed by atoms with Gasteiger partial charge in [0.15, 0.2) is 5.11 Å². The van der Waals surface area contributed by atoms with Crippen molar-refractivity contribution in [2.45, 2.75) is 26.8 Å². The Morgan fingerprint density at radius 3 is 2.59 bits per heavy atom. The minimum Gasteiger partial charge on any atom is -0.360 e. The van der Waals surface area contributed by atoms with Gasteiger partial charge < -0.3 is 10.6 Å². The van der Waals surface area contributed by atoms with E-state index in [4.69, 9.17) is 12.2 Å². The van der Waals surface area contributed by atoms with Crippen molar-refractivity contribution in [3.8, 4) is 0 Å². The Morgan fingerprint density at radius 1 is 1.47 bits per heavy atom. The summed E-state index contributed by atoms with van der Waals surface area (Å²) in [5.74, 6) is 0. The van der Waals surface area contributed by atoms with Crippen LogP contribution in [0, 0.1) is 17.0 Å². The summed E-state index contributed by atoms with van der Waals surface area (Å²) in [4.78, 5) is 10.2.